The molecule has 1 aromatic carbocycles. The molecule has 0 unspecified atom stereocenters. The summed E-state index contributed by atoms with van der Waals surface area (Å²) in [6.45, 7) is 1.89. The summed E-state index contributed by atoms with van der Waals surface area (Å²) in [5.74, 6) is 0.973. The summed E-state index contributed by atoms with van der Waals surface area (Å²) >= 11 is 5.77. The standard InChI is InChI=1S/C12H10ClNO2/c1-8-2-3-12(11(15)4-8)16-10-5-9(13)6-14-7-10/h2-7,15H,1H3. The molecule has 0 bridgehead atoms. The van der Waals surface area contributed by atoms with Crippen LogP contribution in [0.3, 0.4) is 0 Å². The van der Waals surface area contributed by atoms with Crippen molar-refractivity contribution in [3.05, 3.63) is 47.2 Å². The van der Waals surface area contributed by atoms with Gasteiger partial charge in [-0.2, -0.15) is 0 Å². The molecule has 2 rings (SSSR count). The first-order chi connectivity index (χ1) is 7.65. The molecule has 0 saturated heterocycles. The Bertz CT molecular complexity index is 514. The largest absolute Gasteiger partial charge is 0.504 e. The molecule has 0 aliphatic rings. The Morgan fingerprint density at radius 1 is 1.25 bits per heavy atom. The Morgan fingerprint density at radius 3 is 2.75 bits per heavy atom. The van der Waals surface area contributed by atoms with Crippen LogP contribution in [-0.4, -0.2) is 10.1 Å². The minimum atomic E-state index is 0.0972. The van der Waals surface area contributed by atoms with Crippen molar-refractivity contribution in [2.75, 3.05) is 0 Å². The number of halogens is 1. The predicted octanol–water partition coefficient (Wildman–Crippen LogP) is 3.54. The lowest BCUT2D eigenvalue weighted by Crippen LogP contribution is -1.86. The summed E-state index contributed by atoms with van der Waals surface area (Å²) in [7, 11) is 0. The number of pyridine rings is 1. The van der Waals surface area contributed by atoms with Crippen LogP contribution in [0, 0.1) is 6.92 Å². The second-order valence-corrected chi connectivity index (χ2v) is 3.85. The number of nitrogens with zero attached hydrogens (tertiary/aromatic N) is 1. The number of aromatic hydroxyl groups is 1. The van der Waals surface area contributed by atoms with E-state index in [4.69, 9.17) is 16.3 Å². The number of phenolic OH excluding ortho intramolecular Hbond substituents is 1. The fourth-order valence-corrected chi connectivity index (χ4v) is 1.45. The second-order valence-electron chi connectivity index (χ2n) is 3.41. The van der Waals surface area contributed by atoms with Crippen LogP contribution in [0.15, 0.2) is 36.7 Å². The molecule has 82 valence electrons. The van der Waals surface area contributed by atoms with E-state index >= 15 is 0 Å². The Hall–Kier alpha value is -1.74. The Balaban J connectivity index is 2.27. The molecular formula is C12H10ClNO2. The highest BCUT2D eigenvalue weighted by Crippen LogP contribution is 2.31. The van der Waals surface area contributed by atoms with E-state index in [-0.39, 0.29) is 5.75 Å². The summed E-state index contributed by atoms with van der Waals surface area (Å²) < 4.78 is 5.45. The SMILES string of the molecule is Cc1ccc(Oc2cncc(Cl)c2)c(O)c1. The first-order valence-corrected chi connectivity index (χ1v) is 5.11. The van der Waals surface area contributed by atoms with Gasteiger partial charge in [-0.1, -0.05) is 17.7 Å². The molecule has 0 saturated carbocycles. The molecule has 2 aromatic rings. The summed E-state index contributed by atoms with van der Waals surface area (Å²) in [6.07, 6.45) is 3.05. The van der Waals surface area contributed by atoms with Gasteiger partial charge in [-0.15, -0.1) is 0 Å². The van der Waals surface area contributed by atoms with Gasteiger partial charge in [0.2, 0.25) is 0 Å². The highest BCUT2D eigenvalue weighted by Gasteiger charge is 2.04. The third-order valence-electron chi connectivity index (χ3n) is 2.02. The van der Waals surface area contributed by atoms with E-state index in [1.165, 1.54) is 12.4 Å². The van der Waals surface area contributed by atoms with Gasteiger partial charge in [-0.3, -0.25) is 4.98 Å². The van der Waals surface area contributed by atoms with E-state index in [2.05, 4.69) is 4.98 Å². The highest BCUT2D eigenvalue weighted by molar-refractivity contribution is 6.30. The average molecular weight is 236 g/mol. The van der Waals surface area contributed by atoms with Crippen molar-refractivity contribution in [2.24, 2.45) is 0 Å². The summed E-state index contributed by atoms with van der Waals surface area (Å²) in [4.78, 5) is 3.89. The maximum Gasteiger partial charge on any atom is 0.169 e. The lowest BCUT2D eigenvalue weighted by atomic mass is 10.2. The molecular weight excluding hydrogens is 226 g/mol. The number of benzene rings is 1. The first-order valence-electron chi connectivity index (χ1n) is 4.73. The minimum Gasteiger partial charge on any atom is -0.504 e. The lowest BCUT2D eigenvalue weighted by Gasteiger charge is -2.07. The molecule has 0 fully saturated rings. The van der Waals surface area contributed by atoms with Crippen LogP contribution in [0.1, 0.15) is 5.56 Å². The van der Waals surface area contributed by atoms with Crippen LogP contribution in [0.2, 0.25) is 5.02 Å². The van der Waals surface area contributed by atoms with Crippen LogP contribution in [0.4, 0.5) is 0 Å². The fraction of sp³-hybridized carbons (Fsp3) is 0.0833. The second kappa shape index (κ2) is 4.41. The minimum absolute atomic E-state index is 0.0972. The molecule has 0 aliphatic carbocycles. The van der Waals surface area contributed by atoms with Crippen molar-refractivity contribution in [3.63, 3.8) is 0 Å². The van der Waals surface area contributed by atoms with Crippen molar-refractivity contribution in [2.45, 2.75) is 6.92 Å². The van der Waals surface area contributed by atoms with Crippen molar-refractivity contribution in [1.82, 2.24) is 4.98 Å². The number of ether oxygens (including phenoxy) is 1. The summed E-state index contributed by atoms with van der Waals surface area (Å²) in [5.41, 5.74) is 0.967. The monoisotopic (exact) mass is 235 g/mol. The Kier molecular flexibility index (Phi) is 2.97. The molecule has 0 amide bonds. The molecule has 4 heteroatoms. The average Bonchev–Trinajstić information content (AvgIpc) is 2.22. The molecule has 16 heavy (non-hydrogen) atoms. The van der Waals surface area contributed by atoms with Gasteiger partial charge in [0.15, 0.2) is 11.5 Å². The van der Waals surface area contributed by atoms with Gasteiger partial charge in [0.1, 0.15) is 5.75 Å². The zero-order valence-electron chi connectivity index (χ0n) is 8.64. The van der Waals surface area contributed by atoms with Crippen molar-refractivity contribution in [3.8, 4) is 17.2 Å². The topological polar surface area (TPSA) is 42.4 Å². The van der Waals surface area contributed by atoms with Crippen LogP contribution in [0.25, 0.3) is 0 Å². The van der Waals surface area contributed by atoms with Crippen LogP contribution in [-0.2, 0) is 0 Å². The fourth-order valence-electron chi connectivity index (χ4n) is 1.29. The van der Waals surface area contributed by atoms with Crippen LogP contribution < -0.4 is 4.74 Å². The van der Waals surface area contributed by atoms with Gasteiger partial charge in [-0.25, -0.2) is 0 Å². The van der Waals surface area contributed by atoms with Crippen molar-refractivity contribution in [1.29, 1.82) is 0 Å². The van der Waals surface area contributed by atoms with Gasteiger partial charge in [0.05, 0.1) is 11.2 Å². The Morgan fingerprint density at radius 2 is 2.06 bits per heavy atom. The smallest absolute Gasteiger partial charge is 0.169 e. The molecule has 0 atom stereocenters. The van der Waals surface area contributed by atoms with Gasteiger partial charge < -0.3 is 9.84 Å². The van der Waals surface area contributed by atoms with Crippen LogP contribution in [0.5, 0.6) is 17.2 Å². The molecule has 0 radical (unpaired) electrons. The molecule has 1 N–H and O–H groups in total. The highest BCUT2D eigenvalue weighted by atomic mass is 35.5. The number of rotatable bonds is 2. The maximum absolute atomic E-state index is 9.64. The van der Waals surface area contributed by atoms with Crippen LogP contribution >= 0.6 is 11.6 Å². The van der Waals surface area contributed by atoms with E-state index < -0.39 is 0 Å². The first kappa shape index (κ1) is 10.8. The van der Waals surface area contributed by atoms with E-state index in [1.807, 2.05) is 13.0 Å². The normalized spacial score (nSPS) is 10.1. The quantitative estimate of drug-likeness (QED) is 0.866. The third-order valence-corrected chi connectivity index (χ3v) is 2.23. The molecule has 1 aromatic heterocycles. The summed E-state index contributed by atoms with van der Waals surface area (Å²) in [5, 5.41) is 10.1. The number of hydrogen-bond acceptors (Lipinski definition) is 3. The molecule has 0 aliphatic heterocycles. The van der Waals surface area contributed by atoms with Gasteiger partial charge in [0.25, 0.3) is 0 Å². The zero-order chi connectivity index (χ0) is 11.5. The van der Waals surface area contributed by atoms with E-state index in [9.17, 15) is 5.11 Å². The predicted molar refractivity (Wildman–Crippen MR) is 62.2 cm³/mol. The molecule has 3 nitrogen and oxygen atoms in total. The Labute approximate surface area is 98.3 Å². The van der Waals surface area contributed by atoms with E-state index in [1.54, 1.807) is 18.2 Å². The number of phenols is 1. The van der Waals surface area contributed by atoms with E-state index in [0.29, 0.717) is 16.5 Å². The van der Waals surface area contributed by atoms with Gasteiger partial charge >= 0.3 is 0 Å². The van der Waals surface area contributed by atoms with E-state index in [0.717, 1.165) is 5.56 Å². The van der Waals surface area contributed by atoms with Gasteiger partial charge in [-0.05, 0) is 24.6 Å². The molecule has 0 spiro atoms. The summed E-state index contributed by atoms with van der Waals surface area (Å²) in [6, 6.07) is 6.82. The third kappa shape index (κ3) is 2.44. The molecule has 1 heterocycles. The van der Waals surface area contributed by atoms with Crippen molar-refractivity contribution >= 4 is 11.6 Å². The number of hydrogen-bond donors (Lipinski definition) is 1. The van der Waals surface area contributed by atoms with Gasteiger partial charge in [0, 0.05) is 12.3 Å². The number of aryl methyl sites for hydroxylation is 1. The maximum atomic E-state index is 9.64. The number of aromatic nitrogens is 1. The lowest BCUT2D eigenvalue weighted by molar-refractivity contribution is 0.410. The zero-order valence-corrected chi connectivity index (χ0v) is 9.40. The van der Waals surface area contributed by atoms with Crippen molar-refractivity contribution < 1.29 is 9.84 Å².